The Morgan fingerprint density at radius 2 is 0.529 bits per heavy atom. The zero-order chi connectivity index (χ0) is 49.3. The highest BCUT2D eigenvalue weighted by atomic mass is 16.6. The summed E-state index contributed by atoms with van der Waals surface area (Å²) in [5.41, 5.74) is 0. The lowest BCUT2D eigenvalue weighted by Crippen LogP contribution is -2.30. The van der Waals surface area contributed by atoms with Gasteiger partial charge in [-0.05, 0) is 51.4 Å². The van der Waals surface area contributed by atoms with Crippen molar-refractivity contribution in [1.82, 2.24) is 0 Å². The van der Waals surface area contributed by atoms with E-state index in [0.29, 0.717) is 19.3 Å². The van der Waals surface area contributed by atoms with Crippen LogP contribution >= 0.6 is 0 Å². The van der Waals surface area contributed by atoms with E-state index in [1.54, 1.807) is 0 Å². The van der Waals surface area contributed by atoms with Gasteiger partial charge in [0.25, 0.3) is 0 Å². The number of rotatable bonds is 56. The summed E-state index contributed by atoms with van der Waals surface area (Å²) >= 11 is 0. The molecule has 1 unspecified atom stereocenters. The average molecular weight is 958 g/mol. The number of hydrogen-bond donors (Lipinski definition) is 0. The summed E-state index contributed by atoms with van der Waals surface area (Å²) in [4.78, 5) is 38.2. The lowest BCUT2D eigenvalue weighted by atomic mass is 10.0. The fraction of sp³-hybridized carbons (Fsp3) is 0.887. The van der Waals surface area contributed by atoms with Gasteiger partial charge in [0.15, 0.2) is 6.10 Å². The number of carbonyl (C=O) groups excluding carboxylic acids is 3. The summed E-state index contributed by atoms with van der Waals surface area (Å²) < 4.78 is 16.9. The molecule has 0 rings (SSSR count). The van der Waals surface area contributed by atoms with Crippen LogP contribution in [0, 0.1) is 0 Å². The number of esters is 3. The second-order valence-corrected chi connectivity index (χ2v) is 20.6. The topological polar surface area (TPSA) is 78.9 Å². The molecule has 0 saturated carbocycles. The smallest absolute Gasteiger partial charge is 0.306 e. The highest BCUT2D eigenvalue weighted by Crippen LogP contribution is 2.17. The van der Waals surface area contributed by atoms with Crippen molar-refractivity contribution in [2.75, 3.05) is 13.2 Å². The normalized spacial score (nSPS) is 12.1. The van der Waals surface area contributed by atoms with Gasteiger partial charge in [-0.15, -0.1) is 0 Å². The largest absolute Gasteiger partial charge is 0.462 e. The van der Waals surface area contributed by atoms with Crippen molar-refractivity contribution in [3.63, 3.8) is 0 Å². The molecule has 0 amide bonds. The molecular weight excluding hydrogens is 841 g/mol. The standard InChI is InChI=1S/C62H116O6/c1-4-7-10-13-16-19-22-25-27-29-31-32-34-35-37-40-43-46-49-52-55-61(64)67-58-59(57-66-60(63)54-51-48-45-42-39-24-21-18-15-12-9-6-3)68-62(65)56-53-50-47-44-41-38-36-33-30-28-26-23-20-17-14-11-8-5-2/h20,23,28,30,59H,4-19,21-22,24-27,29,31-58H2,1-3H3/b23-20-,30-28-. The van der Waals surface area contributed by atoms with Gasteiger partial charge in [0.1, 0.15) is 13.2 Å². The Kier molecular flexibility index (Phi) is 55.7. The third kappa shape index (κ3) is 54.8. The maximum atomic E-state index is 12.9. The minimum Gasteiger partial charge on any atom is -0.462 e. The van der Waals surface area contributed by atoms with Crippen molar-refractivity contribution in [1.29, 1.82) is 0 Å². The van der Waals surface area contributed by atoms with E-state index in [4.69, 9.17) is 14.2 Å². The molecule has 0 N–H and O–H groups in total. The van der Waals surface area contributed by atoms with E-state index in [2.05, 4.69) is 45.1 Å². The molecule has 0 bridgehead atoms. The predicted molar refractivity (Wildman–Crippen MR) is 293 cm³/mol. The predicted octanol–water partition coefficient (Wildman–Crippen LogP) is 20.3. The Balaban J connectivity index is 4.28. The van der Waals surface area contributed by atoms with Crippen molar-refractivity contribution in [2.45, 2.75) is 341 Å². The summed E-state index contributed by atoms with van der Waals surface area (Å²) in [7, 11) is 0. The van der Waals surface area contributed by atoms with Gasteiger partial charge in [0, 0.05) is 19.3 Å². The molecule has 0 heterocycles. The van der Waals surface area contributed by atoms with E-state index in [9.17, 15) is 14.4 Å². The monoisotopic (exact) mass is 957 g/mol. The summed E-state index contributed by atoms with van der Waals surface area (Å²) in [5, 5.41) is 0. The Labute approximate surface area is 423 Å². The van der Waals surface area contributed by atoms with Crippen molar-refractivity contribution < 1.29 is 28.6 Å². The van der Waals surface area contributed by atoms with Crippen LogP contribution in [0.25, 0.3) is 0 Å². The van der Waals surface area contributed by atoms with E-state index in [1.807, 2.05) is 0 Å². The van der Waals surface area contributed by atoms with Crippen LogP contribution in [0.15, 0.2) is 24.3 Å². The van der Waals surface area contributed by atoms with Gasteiger partial charge in [0.05, 0.1) is 0 Å². The second-order valence-electron chi connectivity index (χ2n) is 20.6. The molecule has 0 aromatic heterocycles. The second kappa shape index (κ2) is 57.5. The molecule has 0 saturated heterocycles. The molecule has 6 nitrogen and oxygen atoms in total. The van der Waals surface area contributed by atoms with E-state index in [0.717, 1.165) is 70.6 Å². The summed E-state index contributed by atoms with van der Waals surface area (Å²) in [5.74, 6) is -0.853. The van der Waals surface area contributed by atoms with Crippen LogP contribution in [0.1, 0.15) is 335 Å². The van der Waals surface area contributed by atoms with Crippen LogP contribution < -0.4 is 0 Å². The number of carbonyl (C=O) groups is 3. The molecule has 1 atom stereocenters. The average Bonchev–Trinajstić information content (AvgIpc) is 3.34. The molecule has 68 heavy (non-hydrogen) atoms. The fourth-order valence-corrected chi connectivity index (χ4v) is 9.12. The highest BCUT2D eigenvalue weighted by molar-refractivity contribution is 5.71. The number of ether oxygens (including phenoxy) is 3. The Morgan fingerprint density at radius 3 is 0.824 bits per heavy atom. The summed E-state index contributed by atoms with van der Waals surface area (Å²) in [6.07, 6.45) is 67.4. The maximum absolute atomic E-state index is 12.9. The zero-order valence-corrected chi connectivity index (χ0v) is 45.9. The van der Waals surface area contributed by atoms with E-state index in [1.165, 1.54) is 225 Å². The van der Waals surface area contributed by atoms with E-state index >= 15 is 0 Å². The van der Waals surface area contributed by atoms with Gasteiger partial charge in [-0.2, -0.15) is 0 Å². The molecule has 0 spiro atoms. The van der Waals surface area contributed by atoms with Gasteiger partial charge in [0.2, 0.25) is 0 Å². The van der Waals surface area contributed by atoms with Crippen molar-refractivity contribution in [3.05, 3.63) is 24.3 Å². The molecule has 0 aromatic carbocycles. The van der Waals surface area contributed by atoms with Crippen molar-refractivity contribution >= 4 is 17.9 Å². The number of unbranched alkanes of at least 4 members (excludes halogenated alkanes) is 41. The number of hydrogen-bond acceptors (Lipinski definition) is 6. The Hall–Kier alpha value is -2.11. The lowest BCUT2D eigenvalue weighted by molar-refractivity contribution is -0.167. The van der Waals surface area contributed by atoms with Crippen LogP contribution in [-0.2, 0) is 28.6 Å². The van der Waals surface area contributed by atoms with Crippen LogP contribution in [0.3, 0.4) is 0 Å². The first-order valence-electron chi connectivity index (χ1n) is 30.3. The van der Waals surface area contributed by atoms with Crippen molar-refractivity contribution in [3.8, 4) is 0 Å². The van der Waals surface area contributed by atoms with Crippen LogP contribution in [0.4, 0.5) is 0 Å². The highest BCUT2D eigenvalue weighted by Gasteiger charge is 2.19. The first-order valence-corrected chi connectivity index (χ1v) is 30.3. The first kappa shape index (κ1) is 65.9. The molecule has 0 radical (unpaired) electrons. The molecule has 0 aliphatic carbocycles. The molecule has 0 aromatic rings. The minimum atomic E-state index is -0.770. The number of allylic oxidation sites excluding steroid dienone is 4. The third-order valence-corrected chi connectivity index (χ3v) is 13.7. The van der Waals surface area contributed by atoms with Crippen LogP contribution in [0.5, 0.6) is 0 Å². The van der Waals surface area contributed by atoms with E-state index < -0.39 is 6.10 Å². The zero-order valence-electron chi connectivity index (χ0n) is 45.9. The summed E-state index contributed by atoms with van der Waals surface area (Å²) in [6.45, 7) is 6.67. The van der Waals surface area contributed by atoms with E-state index in [-0.39, 0.29) is 31.1 Å². The van der Waals surface area contributed by atoms with Gasteiger partial charge in [-0.3, -0.25) is 14.4 Å². The molecule has 0 aliphatic heterocycles. The molecule has 0 fully saturated rings. The molecule has 400 valence electrons. The molecule has 0 aliphatic rings. The molecular formula is C62H116O6. The summed E-state index contributed by atoms with van der Waals surface area (Å²) in [6, 6.07) is 0. The Morgan fingerprint density at radius 1 is 0.294 bits per heavy atom. The first-order chi connectivity index (χ1) is 33.5. The van der Waals surface area contributed by atoms with Gasteiger partial charge in [-0.1, -0.05) is 289 Å². The Bertz CT molecular complexity index is 1100. The van der Waals surface area contributed by atoms with Gasteiger partial charge >= 0.3 is 17.9 Å². The molecule has 6 heteroatoms. The third-order valence-electron chi connectivity index (χ3n) is 13.7. The fourth-order valence-electron chi connectivity index (χ4n) is 9.12. The van der Waals surface area contributed by atoms with Gasteiger partial charge < -0.3 is 14.2 Å². The SMILES string of the molecule is CCCCCC/C=C\C/C=C\CCCCCCCCCC(=O)OC(COC(=O)CCCCCCCCCCCCCC)COC(=O)CCCCCCCCCCCCCCCCCCCCCC. The van der Waals surface area contributed by atoms with Crippen molar-refractivity contribution in [2.24, 2.45) is 0 Å². The minimum absolute atomic E-state index is 0.0688. The lowest BCUT2D eigenvalue weighted by Gasteiger charge is -2.18. The van der Waals surface area contributed by atoms with Crippen LogP contribution in [0.2, 0.25) is 0 Å². The quantitative estimate of drug-likeness (QED) is 0.0262. The van der Waals surface area contributed by atoms with Gasteiger partial charge in [-0.25, -0.2) is 0 Å². The maximum Gasteiger partial charge on any atom is 0.306 e. The van der Waals surface area contributed by atoms with Crippen LogP contribution in [-0.4, -0.2) is 37.2 Å².